The summed E-state index contributed by atoms with van der Waals surface area (Å²) in [6.45, 7) is 7.39. The summed E-state index contributed by atoms with van der Waals surface area (Å²) in [5.74, 6) is 1.25. The molecule has 0 aliphatic heterocycles. The summed E-state index contributed by atoms with van der Waals surface area (Å²) in [6.07, 6.45) is 1.79. The van der Waals surface area contributed by atoms with Crippen LogP contribution in [-0.2, 0) is 6.54 Å². The molecule has 0 bridgehead atoms. The number of thiophene rings is 1. The monoisotopic (exact) mass is 380 g/mol. The summed E-state index contributed by atoms with van der Waals surface area (Å²) in [7, 11) is 0. The van der Waals surface area contributed by atoms with Gasteiger partial charge in [-0.2, -0.15) is 5.10 Å². The van der Waals surface area contributed by atoms with Gasteiger partial charge in [-0.25, -0.2) is 9.97 Å². The highest BCUT2D eigenvalue weighted by Crippen LogP contribution is 2.33. The summed E-state index contributed by atoms with van der Waals surface area (Å²) < 4.78 is 7.41. The Morgan fingerprint density at radius 3 is 2.74 bits per heavy atom. The van der Waals surface area contributed by atoms with Crippen molar-refractivity contribution >= 4 is 17.3 Å². The first-order valence-corrected chi connectivity index (χ1v) is 9.57. The first-order valence-electron chi connectivity index (χ1n) is 8.69. The van der Waals surface area contributed by atoms with Gasteiger partial charge in [0.15, 0.2) is 5.76 Å². The second-order valence-electron chi connectivity index (χ2n) is 6.34. The Kier molecular flexibility index (Phi) is 4.72. The van der Waals surface area contributed by atoms with E-state index in [1.54, 1.807) is 17.5 Å². The van der Waals surface area contributed by atoms with Gasteiger partial charge in [0.1, 0.15) is 0 Å². The van der Waals surface area contributed by atoms with Gasteiger partial charge in [-0.3, -0.25) is 4.68 Å². The van der Waals surface area contributed by atoms with E-state index in [4.69, 9.17) is 9.51 Å². The fourth-order valence-corrected chi connectivity index (χ4v) is 3.64. The van der Waals surface area contributed by atoms with E-state index in [0.717, 1.165) is 39.8 Å². The molecule has 138 valence electrons. The van der Waals surface area contributed by atoms with Crippen LogP contribution >= 0.6 is 11.3 Å². The molecule has 1 N–H and O–H groups in total. The van der Waals surface area contributed by atoms with E-state index in [2.05, 4.69) is 33.5 Å². The van der Waals surface area contributed by atoms with Crippen LogP contribution in [0.3, 0.4) is 0 Å². The van der Waals surface area contributed by atoms with Gasteiger partial charge in [-0.05, 0) is 38.3 Å². The maximum Gasteiger partial charge on any atom is 0.223 e. The van der Waals surface area contributed by atoms with E-state index in [1.807, 2.05) is 42.1 Å². The quantitative estimate of drug-likeness (QED) is 0.542. The van der Waals surface area contributed by atoms with Crippen molar-refractivity contribution in [3.63, 3.8) is 0 Å². The minimum atomic E-state index is 0.583. The Labute approximate surface area is 161 Å². The van der Waals surface area contributed by atoms with E-state index in [0.29, 0.717) is 18.3 Å². The lowest BCUT2D eigenvalue weighted by Crippen LogP contribution is -2.14. The highest BCUT2D eigenvalue weighted by molar-refractivity contribution is 7.13. The Morgan fingerprint density at radius 1 is 1.19 bits per heavy atom. The van der Waals surface area contributed by atoms with Gasteiger partial charge in [0, 0.05) is 24.5 Å². The molecule has 0 atom stereocenters. The predicted octanol–water partition coefficient (Wildman–Crippen LogP) is 4.09. The van der Waals surface area contributed by atoms with Gasteiger partial charge in [0.05, 0.1) is 34.1 Å². The average molecular weight is 380 g/mol. The number of anilines is 1. The van der Waals surface area contributed by atoms with Crippen LogP contribution in [-0.4, -0.2) is 31.4 Å². The Balaban J connectivity index is 1.57. The molecule has 0 unspecified atom stereocenters. The first kappa shape index (κ1) is 17.4. The molecule has 4 aromatic heterocycles. The highest BCUT2D eigenvalue weighted by atomic mass is 32.1. The fourth-order valence-electron chi connectivity index (χ4n) is 2.91. The summed E-state index contributed by atoms with van der Waals surface area (Å²) in [6, 6.07) is 8.01. The van der Waals surface area contributed by atoms with Crippen LogP contribution < -0.4 is 5.32 Å². The van der Waals surface area contributed by atoms with Crippen molar-refractivity contribution < 1.29 is 4.52 Å². The minimum absolute atomic E-state index is 0.583. The minimum Gasteiger partial charge on any atom is -0.356 e. The van der Waals surface area contributed by atoms with Crippen molar-refractivity contribution in [1.82, 2.24) is 24.9 Å². The van der Waals surface area contributed by atoms with Gasteiger partial charge in [0.2, 0.25) is 5.95 Å². The highest BCUT2D eigenvalue weighted by Gasteiger charge is 2.16. The standard InChI is InChI=1S/C19H20N6OS/c1-12-9-14(3)25(23-12)7-6-20-19-21-11-15(16-10-13(2)24-26-16)18(22-19)17-5-4-8-27-17/h4-5,8-11H,6-7H2,1-3H3,(H,20,21,22). The fraction of sp³-hybridized carbons (Fsp3) is 0.263. The lowest BCUT2D eigenvalue weighted by Gasteiger charge is -2.09. The normalized spacial score (nSPS) is 11.1. The molecule has 0 fully saturated rings. The van der Waals surface area contributed by atoms with Crippen molar-refractivity contribution in [2.45, 2.75) is 27.3 Å². The van der Waals surface area contributed by atoms with Crippen LogP contribution in [0.5, 0.6) is 0 Å². The molecule has 7 nitrogen and oxygen atoms in total. The molecule has 0 spiro atoms. The molecule has 0 radical (unpaired) electrons. The number of nitrogens with one attached hydrogen (secondary N) is 1. The smallest absolute Gasteiger partial charge is 0.223 e. The molecule has 4 heterocycles. The number of hydrogen-bond acceptors (Lipinski definition) is 7. The molecular formula is C19H20N6OS. The molecule has 0 saturated carbocycles. The summed E-state index contributed by atoms with van der Waals surface area (Å²) >= 11 is 1.63. The Hall–Kier alpha value is -3.00. The van der Waals surface area contributed by atoms with Crippen molar-refractivity contribution in [2.75, 3.05) is 11.9 Å². The maximum atomic E-state index is 5.43. The van der Waals surface area contributed by atoms with E-state index < -0.39 is 0 Å². The van der Waals surface area contributed by atoms with E-state index in [-0.39, 0.29) is 0 Å². The van der Waals surface area contributed by atoms with Gasteiger partial charge in [-0.1, -0.05) is 11.2 Å². The Bertz CT molecular complexity index is 1050. The molecule has 0 amide bonds. The van der Waals surface area contributed by atoms with Gasteiger partial charge in [0.25, 0.3) is 0 Å². The average Bonchev–Trinajstić information content (AvgIpc) is 3.37. The zero-order chi connectivity index (χ0) is 18.8. The van der Waals surface area contributed by atoms with E-state index in [1.165, 1.54) is 0 Å². The largest absolute Gasteiger partial charge is 0.356 e. The lowest BCUT2D eigenvalue weighted by atomic mass is 10.1. The second kappa shape index (κ2) is 7.32. The molecule has 4 aromatic rings. The predicted molar refractivity (Wildman–Crippen MR) is 106 cm³/mol. The summed E-state index contributed by atoms with van der Waals surface area (Å²) in [5, 5.41) is 13.8. The van der Waals surface area contributed by atoms with Crippen LogP contribution in [0.15, 0.2) is 40.4 Å². The van der Waals surface area contributed by atoms with Gasteiger partial charge in [-0.15, -0.1) is 11.3 Å². The topological polar surface area (TPSA) is 81.7 Å². The second-order valence-corrected chi connectivity index (χ2v) is 7.29. The lowest BCUT2D eigenvalue weighted by molar-refractivity contribution is 0.427. The van der Waals surface area contributed by atoms with Crippen molar-refractivity contribution in [2.24, 2.45) is 0 Å². The molecule has 0 saturated heterocycles. The number of nitrogens with zero attached hydrogens (tertiary/aromatic N) is 5. The zero-order valence-electron chi connectivity index (χ0n) is 15.4. The van der Waals surface area contributed by atoms with Crippen LogP contribution in [0, 0.1) is 20.8 Å². The van der Waals surface area contributed by atoms with Gasteiger partial charge >= 0.3 is 0 Å². The third kappa shape index (κ3) is 3.75. The third-order valence-electron chi connectivity index (χ3n) is 4.15. The number of aryl methyl sites for hydroxylation is 3. The first-order chi connectivity index (χ1) is 13.1. The molecule has 8 heteroatoms. The van der Waals surface area contributed by atoms with Crippen LogP contribution in [0.2, 0.25) is 0 Å². The van der Waals surface area contributed by atoms with Gasteiger partial charge < -0.3 is 9.84 Å². The van der Waals surface area contributed by atoms with E-state index in [9.17, 15) is 0 Å². The number of aromatic nitrogens is 5. The maximum absolute atomic E-state index is 5.43. The molecule has 0 aliphatic rings. The number of hydrogen-bond donors (Lipinski definition) is 1. The van der Waals surface area contributed by atoms with Crippen molar-refractivity contribution in [1.29, 1.82) is 0 Å². The number of rotatable bonds is 6. The zero-order valence-corrected chi connectivity index (χ0v) is 16.2. The molecule has 27 heavy (non-hydrogen) atoms. The molecule has 0 aromatic carbocycles. The third-order valence-corrected chi connectivity index (χ3v) is 5.02. The summed E-state index contributed by atoms with van der Waals surface area (Å²) in [5.41, 5.74) is 4.67. The Morgan fingerprint density at radius 2 is 2.07 bits per heavy atom. The SMILES string of the molecule is Cc1cc(-c2cnc(NCCn3nc(C)cc3C)nc2-c2cccs2)on1. The van der Waals surface area contributed by atoms with Crippen LogP contribution in [0.25, 0.3) is 21.9 Å². The van der Waals surface area contributed by atoms with Crippen molar-refractivity contribution in [3.05, 3.63) is 52.9 Å². The molecule has 0 aliphatic carbocycles. The van der Waals surface area contributed by atoms with Crippen molar-refractivity contribution in [3.8, 4) is 21.9 Å². The summed E-state index contributed by atoms with van der Waals surface area (Å²) in [4.78, 5) is 10.2. The van der Waals surface area contributed by atoms with Crippen LogP contribution in [0.1, 0.15) is 17.1 Å². The molecule has 4 rings (SSSR count). The molecular weight excluding hydrogens is 360 g/mol. The van der Waals surface area contributed by atoms with E-state index >= 15 is 0 Å². The van der Waals surface area contributed by atoms with Crippen LogP contribution in [0.4, 0.5) is 5.95 Å².